The molecule has 0 spiro atoms. The Kier molecular flexibility index (Phi) is 3.41. The van der Waals surface area contributed by atoms with E-state index in [-0.39, 0.29) is 5.91 Å². The Labute approximate surface area is 129 Å². The zero-order chi connectivity index (χ0) is 14.9. The molecule has 1 aliphatic carbocycles. The summed E-state index contributed by atoms with van der Waals surface area (Å²) < 4.78 is 2.18. The Hall–Kier alpha value is -2.17. The van der Waals surface area contributed by atoms with Crippen molar-refractivity contribution in [2.45, 2.75) is 51.0 Å². The van der Waals surface area contributed by atoms with Gasteiger partial charge in [0, 0.05) is 25.4 Å². The van der Waals surface area contributed by atoms with Crippen molar-refractivity contribution in [3.63, 3.8) is 0 Å². The number of amides is 1. The Morgan fingerprint density at radius 3 is 3.09 bits per heavy atom. The minimum Gasteiger partial charge on any atom is -0.335 e. The third kappa shape index (κ3) is 2.89. The van der Waals surface area contributed by atoms with Crippen molar-refractivity contribution in [1.29, 1.82) is 0 Å². The number of hydrogen-bond acceptors (Lipinski definition) is 3. The molecule has 2 aliphatic rings. The van der Waals surface area contributed by atoms with Gasteiger partial charge in [0.2, 0.25) is 5.91 Å². The van der Waals surface area contributed by atoms with Gasteiger partial charge < -0.3 is 9.88 Å². The Bertz CT molecular complexity index is 679. The zero-order valence-electron chi connectivity index (χ0n) is 12.6. The first-order chi connectivity index (χ1) is 10.8. The van der Waals surface area contributed by atoms with Gasteiger partial charge in [0.25, 0.3) is 0 Å². The van der Waals surface area contributed by atoms with Crippen LogP contribution in [0.3, 0.4) is 0 Å². The van der Waals surface area contributed by atoms with Gasteiger partial charge in [-0.25, -0.2) is 9.97 Å². The first-order valence-electron chi connectivity index (χ1n) is 8.09. The molecule has 114 valence electrons. The maximum absolute atomic E-state index is 12.2. The molecule has 0 atom stereocenters. The molecule has 5 nitrogen and oxygen atoms in total. The second kappa shape index (κ2) is 5.55. The third-order valence-electron chi connectivity index (χ3n) is 4.40. The van der Waals surface area contributed by atoms with Crippen LogP contribution in [0.5, 0.6) is 0 Å². The number of aryl methyl sites for hydroxylation is 2. The van der Waals surface area contributed by atoms with Gasteiger partial charge in [-0.05, 0) is 49.3 Å². The number of anilines is 1. The molecule has 1 amide bonds. The van der Waals surface area contributed by atoms with Gasteiger partial charge in [-0.2, -0.15) is 0 Å². The number of carbonyl (C=O) groups is 1. The van der Waals surface area contributed by atoms with E-state index < -0.39 is 0 Å². The number of nitrogens with one attached hydrogen (secondary N) is 1. The topological polar surface area (TPSA) is 59.8 Å². The second-order valence-corrected chi connectivity index (χ2v) is 6.27. The highest BCUT2D eigenvalue weighted by Gasteiger charge is 2.23. The number of imidazole rings is 1. The summed E-state index contributed by atoms with van der Waals surface area (Å²) in [4.78, 5) is 21.0. The van der Waals surface area contributed by atoms with Crippen molar-refractivity contribution < 1.29 is 4.79 Å². The SMILES string of the molecule is O=C(Cc1cn2c(n1)CCCC2)Nc1cc(C2CC2)ccn1. The van der Waals surface area contributed by atoms with Gasteiger partial charge >= 0.3 is 0 Å². The van der Waals surface area contributed by atoms with Gasteiger partial charge in [0.05, 0.1) is 12.1 Å². The van der Waals surface area contributed by atoms with Crippen molar-refractivity contribution >= 4 is 11.7 Å². The Morgan fingerprint density at radius 2 is 2.27 bits per heavy atom. The van der Waals surface area contributed by atoms with Crippen LogP contribution in [0.4, 0.5) is 5.82 Å². The first kappa shape index (κ1) is 13.5. The fourth-order valence-corrected chi connectivity index (χ4v) is 3.09. The summed E-state index contributed by atoms with van der Waals surface area (Å²) in [5.74, 6) is 2.38. The average Bonchev–Trinajstić information content (AvgIpc) is 3.28. The van der Waals surface area contributed by atoms with E-state index in [1.807, 2.05) is 18.3 Å². The normalized spacial score (nSPS) is 17.1. The van der Waals surface area contributed by atoms with Crippen LogP contribution in [-0.2, 0) is 24.2 Å². The molecule has 1 aliphatic heterocycles. The monoisotopic (exact) mass is 296 g/mol. The van der Waals surface area contributed by atoms with Crippen LogP contribution in [0, 0.1) is 0 Å². The quantitative estimate of drug-likeness (QED) is 0.943. The van der Waals surface area contributed by atoms with Crippen molar-refractivity contribution in [2.75, 3.05) is 5.32 Å². The van der Waals surface area contributed by atoms with Crippen molar-refractivity contribution in [1.82, 2.24) is 14.5 Å². The summed E-state index contributed by atoms with van der Waals surface area (Å²) in [6, 6.07) is 4.03. The minimum absolute atomic E-state index is 0.0455. The van der Waals surface area contributed by atoms with E-state index in [0.717, 1.165) is 24.5 Å². The van der Waals surface area contributed by atoms with Gasteiger partial charge in [-0.1, -0.05) is 0 Å². The van der Waals surface area contributed by atoms with E-state index in [4.69, 9.17) is 0 Å². The maximum atomic E-state index is 12.2. The van der Waals surface area contributed by atoms with E-state index in [1.54, 1.807) is 6.20 Å². The van der Waals surface area contributed by atoms with Crippen LogP contribution >= 0.6 is 0 Å². The van der Waals surface area contributed by atoms with Crippen molar-refractivity contribution in [3.8, 4) is 0 Å². The molecule has 2 aromatic rings. The maximum Gasteiger partial charge on any atom is 0.231 e. The van der Waals surface area contributed by atoms with Crippen molar-refractivity contribution in [2.24, 2.45) is 0 Å². The lowest BCUT2D eigenvalue weighted by atomic mass is 10.2. The number of aromatic nitrogens is 3. The highest BCUT2D eigenvalue weighted by molar-refractivity contribution is 5.91. The van der Waals surface area contributed by atoms with E-state index in [0.29, 0.717) is 18.2 Å². The molecule has 4 rings (SSSR count). The lowest BCUT2D eigenvalue weighted by Crippen LogP contribution is -2.15. The van der Waals surface area contributed by atoms with Crippen molar-refractivity contribution in [3.05, 3.63) is 41.6 Å². The Morgan fingerprint density at radius 1 is 1.36 bits per heavy atom. The van der Waals surface area contributed by atoms with Crippen LogP contribution in [-0.4, -0.2) is 20.4 Å². The molecule has 5 heteroatoms. The van der Waals surface area contributed by atoms with E-state index >= 15 is 0 Å². The summed E-state index contributed by atoms with van der Waals surface area (Å²) in [7, 11) is 0. The summed E-state index contributed by atoms with van der Waals surface area (Å²) in [5.41, 5.74) is 2.13. The molecule has 2 aromatic heterocycles. The van der Waals surface area contributed by atoms with E-state index in [1.165, 1.54) is 31.2 Å². The predicted molar refractivity (Wildman–Crippen MR) is 83.7 cm³/mol. The number of pyridine rings is 1. The molecule has 3 heterocycles. The highest BCUT2D eigenvalue weighted by Crippen LogP contribution is 2.40. The molecule has 22 heavy (non-hydrogen) atoms. The molecular weight excluding hydrogens is 276 g/mol. The second-order valence-electron chi connectivity index (χ2n) is 6.27. The van der Waals surface area contributed by atoms with E-state index in [2.05, 4.69) is 19.9 Å². The number of nitrogens with zero attached hydrogens (tertiary/aromatic N) is 3. The first-order valence-corrected chi connectivity index (χ1v) is 8.09. The van der Waals surface area contributed by atoms with Gasteiger partial charge in [0.15, 0.2) is 0 Å². The third-order valence-corrected chi connectivity index (χ3v) is 4.40. The molecule has 0 unspecified atom stereocenters. The minimum atomic E-state index is -0.0455. The molecular formula is C17H20N4O. The van der Waals surface area contributed by atoms with Gasteiger partial charge in [-0.3, -0.25) is 4.79 Å². The summed E-state index contributed by atoms with van der Waals surface area (Å²) in [6.07, 6.45) is 10.0. The van der Waals surface area contributed by atoms with Crippen LogP contribution in [0.2, 0.25) is 0 Å². The van der Waals surface area contributed by atoms with Crippen LogP contribution < -0.4 is 5.32 Å². The van der Waals surface area contributed by atoms with Crippen LogP contribution in [0.1, 0.15) is 48.7 Å². The van der Waals surface area contributed by atoms with Crippen LogP contribution in [0.25, 0.3) is 0 Å². The van der Waals surface area contributed by atoms with E-state index in [9.17, 15) is 4.79 Å². The summed E-state index contributed by atoms with van der Waals surface area (Å²) in [6.45, 7) is 1.02. The molecule has 1 saturated carbocycles. The lowest BCUT2D eigenvalue weighted by Gasteiger charge is -2.11. The molecule has 0 aromatic carbocycles. The number of carbonyl (C=O) groups excluding carboxylic acids is 1. The average molecular weight is 296 g/mol. The standard InChI is InChI=1S/C17H20N4O/c22-17(10-14-11-21-8-2-1-3-16(21)19-14)20-15-9-13(6-7-18-15)12-4-5-12/h6-7,9,11-12H,1-5,8,10H2,(H,18,20,22). The Balaban J connectivity index is 1.41. The molecule has 0 bridgehead atoms. The lowest BCUT2D eigenvalue weighted by molar-refractivity contribution is -0.115. The zero-order valence-corrected chi connectivity index (χ0v) is 12.6. The summed E-state index contributed by atoms with van der Waals surface area (Å²) in [5, 5.41) is 2.89. The summed E-state index contributed by atoms with van der Waals surface area (Å²) >= 11 is 0. The number of hydrogen-bond donors (Lipinski definition) is 1. The molecule has 0 radical (unpaired) electrons. The molecule has 1 fully saturated rings. The van der Waals surface area contributed by atoms with Gasteiger partial charge in [0.1, 0.15) is 11.6 Å². The van der Waals surface area contributed by atoms with Crippen LogP contribution in [0.15, 0.2) is 24.5 Å². The molecule has 1 N–H and O–H groups in total. The fraction of sp³-hybridized carbons (Fsp3) is 0.471. The molecule has 0 saturated heterocycles. The fourth-order valence-electron chi connectivity index (χ4n) is 3.09. The largest absolute Gasteiger partial charge is 0.335 e. The number of rotatable bonds is 4. The predicted octanol–water partition coefficient (Wildman–Crippen LogP) is 2.67. The highest BCUT2D eigenvalue weighted by atomic mass is 16.1. The smallest absolute Gasteiger partial charge is 0.231 e. The van der Waals surface area contributed by atoms with Gasteiger partial charge in [-0.15, -0.1) is 0 Å². The number of fused-ring (bicyclic) bond motifs is 1.